The lowest BCUT2D eigenvalue weighted by atomic mass is 9.92. The fraction of sp³-hybridized carbons (Fsp3) is 0.414. The molecule has 0 fully saturated rings. The number of rotatable bonds is 11. The molecular formula is C29H39N5O4. The minimum absolute atomic E-state index is 0.128. The van der Waals surface area contributed by atoms with Gasteiger partial charge in [-0.1, -0.05) is 38.5 Å². The Bertz CT molecular complexity index is 1200. The number of anilines is 2. The van der Waals surface area contributed by atoms with Crippen molar-refractivity contribution in [2.24, 2.45) is 0 Å². The number of carbonyl (C=O) groups is 2. The van der Waals surface area contributed by atoms with Crippen LogP contribution in [0.15, 0.2) is 54.6 Å². The molecule has 0 aliphatic heterocycles. The first-order chi connectivity index (χ1) is 18.1. The van der Waals surface area contributed by atoms with Gasteiger partial charge in [-0.15, -0.1) is 0 Å². The van der Waals surface area contributed by atoms with Crippen LogP contribution in [0.1, 0.15) is 45.4 Å². The zero-order valence-corrected chi connectivity index (χ0v) is 23.2. The van der Waals surface area contributed by atoms with Crippen molar-refractivity contribution < 1.29 is 19.1 Å². The van der Waals surface area contributed by atoms with Gasteiger partial charge in [0.05, 0.1) is 18.0 Å². The third-order valence-corrected chi connectivity index (χ3v) is 5.84. The summed E-state index contributed by atoms with van der Waals surface area (Å²) in [7, 11) is 1.61. The normalized spacial score (nSPS) is 11.2. The topological polar surface area (TPSA) is 97.7 Å². The summed E-state index contributed by atoms with van der Waals surface area (Å²) in [5, 5.41) is 10.6. The summed E-state index contributed by atoms with van der Waals surface area (Å²) >= 11 is 0. The molecule has 9 nitrogen and oxygen atoms in total. The van der Waals surface area contributed by atoms with Gasteiger partial charge in [-0.25, -0.2) is 9.48 Å². The van der Waals surface area contributed by atoms with Crippen LogP contribution in [0.25, 0.3) is 5.69 Å². The molecule has 0 aliphatic rings. The average molecular weight is 522 g/mol. The van der Waals surface area contributed by atoms with E-state index in [0.29, 0.717) is 37.7 Å². The number of nitrogens with one attached hydrogen (secondary N) is 2. The molecule has 0 spiro atoms. The van der Waals surface area contributed by atoms with Gasteiger partial charge in [0.1, 0.15) is 18.1 Å². The first kappa shape index (κ1) is 28.7. The van der Waals surface area contributed by atoms with Crippen LogP contribution < -0.4 is 15.4 Å². The fourth-order valence-electron chi connectivity index (χ4n) is 3.73. The lowest BCUT2D eigenvalue weighted by molar-refractivity contribution is -0.116. The van der Waals surface area contributed by atoms with E-state index in [1.54, 1.807) is 36.1 Å². The van der Waals surface area contributed by atoms with Gasteiger partial charge in [0, 0.05) is 37.4 Å². The van der Waals surface area contributed by atoms with Crippen molar-refractivity contribution in [2.75, 3.05) is 44.0 Å². The highest BCUT2D eigenvalue weighted by Crippen LogP contribution is 2.26. The van der Waals surface area contributed by atoms with Crippen molar-refractivity contribution in [1.82, 2.24) is 14.7 Å². The first-order valence-corrected chi connectivity index (χ1v) is 12.9. The maximum Gasteiger partial charge on any atom is 0.322 e. The number of nitrogens with zero attached hydrogens (tertiary/aromatic N) is 3. The van der Waals surface area contributed by atoms with E-state index in [1.165, 1.54) is 4.90 Å². The molecule has 2 aromatic carbocycles. The minimum atomic E-state index is -0.372. The number of urea groups is 1. The molecule has 0 saturated carbocycles. The number of benzene rings is 2. The molecule has 9 heteroatoms. The van der Waals surface area contributed by atoms with E-state index >= 15 is 0 Å². The second-order valence-electron chi connectivity index (χ2n) is 10.1. The monoisotopic (exact) mass is 521 g/mol. The van der Waals surface area contributed by atoms with E-state index in [-0.39, 0.29) is 23.9 Å². The lowest BCUT2D eigenvalue weighted by Crippen LogP contribution is -2.41. The predicted molar refractivity (Wildman–Crippen MR) is 150 cm³/mol. The van der Waals surface area contributed by atoms with Crippen LogP contribution in [0.5, 0.6) is 5.75 Å². The van der Waals surface area contributed by atoms with Gasteiger partial charge in [-0.05, 0) is 56.7 Å². The van der Waals surface area contributed by atoms with Gasteiger partial charge >= 0.3 is 6.03 Å². The third-order valence-electron chi connectivity index (χ3n) is 5.84. The molecule has 3 rings (SSSR count). The van der Waals surface area contributed by atoms with Crippen molar-refractivity contribution in [3.05, 3.63) is 65.9 Å². The predicted octanol–water partition coefficient (Wildman–Crippen LogP) is 5.39. The molecule has 2 N–H and O–H groups in total. The summed E-state index contributed by atoms with van der Waals surface area (Å²) in [6, 6.07) is 16.6. The maximum absolute atomic E-state index is 13.2. The molecule has 204 valence electrons. The van der Waals surface area contributed by atoms with Crippen LogP contribution in [0.3, 0.4) is 0 Å². The molecule has 0 radical (unpaired) electrons. The van der Waals surface area contributed by atoms with Crippen LogP contribution in [-0.2, 0) is 14.9 Å². The third kappa shape index (κ3) is 8.08. The van der Waals surface area contributed by atoms with Gasteiger partial charge < -0.3 is 25.0 Å². The summed E-state index contributed by atoms with van der Waals surface area (Å²) < 4.78 is 12.3. The Morgan fingerprint density at radius 2 is 1.71 bits per heavy atom. The number of hydrogen-bond acceptors (Lipinski definition) is 5. The smallest absolute Gasteiger partial charge is 0.322 e. The van der Waals surface area contributed by atoms with Crippen LogP contribution in [-0.4, -0.2) is 60.0 Å². The molecule has 0 atom stereocenters. The Hall–Kier alpha value is -3.85. The largest absolute Gasteiger partial charge is 0.494 e. The molecule has 1 aromatic heterocycles. The molecule has 1 heterocycles. The Kier molecular flexibility index (Phi) is 9.90. The van der Waals surface area contributed by atoms with Gasteiger partial charge in [0.25, 0.3) is 0 Å². The summed E-state index contributed by atoms with van der Waals surface area (Å²) in [5.41, 5.74) is 3.22. The molecule has 0 aliphatic carbocycles. The Morgan fingerprint density at radius 1 is 1.03 bits per heavy atom. The highest BCUT2D eigenvalue weighted by atomic mass is 16.5. The molecule has 0 unspecified atom stereocenters. The van der Waals surface area contributed by atoms with E-state index in [1.807, 2.05) is 44.2 Å². The zero-order valence-electron chi connectivity index (χ0n) is 23.2. The number of amides is 3. The van der Waals surface area contributed by atoms with E-state index in [2.05, 4.69) is 31.4 Å². The van der Waals surface area contributed by atoms with Crippen LogP contribution >= 0.6 is 0 Å². The Balaban J connectivity index is 1.77. The fourth-order valence-corrected chi connectivity index (χ4v) is 3.73. The number of ether oxygens (including phenoxy) is 2. The Labute approximate surface area is 225 Å². The first-order valence-electron chi connectivity index (χ1n) is 12.9. The lowest BCUT2D eigenvalue weighted by Gasteiger charge is -2.23. The maximum atomic E-state index is 13.2. The molecule has 38 heavy (non-hydrogen) atoms. The van der Waals surface area contributed by atoms with Gasteiger partial charge in [-0.3, -0.25) is 4.79 Å². The van der Waals surface area contributed by atoms with Gasteiger partial charge in [0.2, 0.25) is 5.91 Å². The quantitative estimate of drug-likeness (QED) is 0.330. The Morgan fingerprint density at radius 3 is 2.32 bits per heavy atom. The SMILES string of the molecule is CCOc1ccc(NC(=O)N(CCCOC)CC(=O)Nc2cc(C(C)(C)C)nn2-c2ccc(C)cc2)cc1. The molecule has 0 saturated heterocycles. The van der Waals surface area contributed by atoms with Gasteiger partial charge in [0.15, 0.2) is 0 Å². The molecule has 3 amide bonds. The van der Waals surface area contributed by atoms with Crippen LogP contribution in [0, 0.1) is 6.92 Å². The number of carbonyl (C=O) groups excluding carboxylic acids is 2. The number of hydrogen-bond donors (Lipinski definition) is 2. The molecular weight excluding hydrogens is 482 g/mol. The average Bonchev–Trinajstić information content (AvgIpc) is 3.29. The molecule has 0 bridgehead atoms. The van der Waals surface area contributed by atoms with E-state index in [9.17, 15) is 9.59 Å². The standard InChI is InChI=1S/C29H39N5O4/c1-7-38-24-15-11-22(12-16-24)30-28(36)33(17-8-18-37-6)20-27(35)31-26-19-25(29(3,4)5)32-34(26)23-13-9-21(2)10-14-23/h9-16,19H,7-8,17-18,20H2,1-6H3,(H,30,36)(H,31,35). The van der Waals surface area contributed by atoms with Crippen molar-refractivity contribution in [2.45, 2.75) is 46.5 Å². The van der Waals surface area contributed by atoms with Crippen molar-refractivity contribution in [1.29, 1.82) is 0 Å². The number of methoxy groups -OCH3 is 1. The van der Waals surface area contributed by atoms with Gasteiger partial charge in [-0.2, -0.15) is 5.10 Å². The van der Waals surface area contributed by atoms with E-state index in [4.69, 9.17) is 14.6 Å². The molecule has 3 aromatic rings. The summed E-state index contributed by atoms with van der Waals surface area (Å²) in [5.74, 6) is 0.951. The van der Waals surface area contributed by atoms with Crippen molar-refractivity contribution in [3.63, 3.8) is 0 Å². The van der Waals surface area contributed by atoms with Crippen molar-refractivity contribution >= 4 is 23.4 Å². The minimum Gasteiger partial charge on any atom is -0.494 e. The van der Waals surface area contributed by atoms with Crippen LogP contribution in [0.4, 0.5) is 16.3 Å². The summed E-state index contributed by atoms with van der Waals surface area (Å²) in [6.07, 6.45) is 0.593. The second-order valence-corrected chi connectivity index (χ2v) is 10.1. The summed E-state index contributed by atoms with van der Waals surface area (Å²) in [6.45, 7) is 11.4. The van der Waals surface area contributed by atoms with Crippen LogP contribution in [0.2, 0.25) is 0 Å². The highest BCUT2D eigenvalue weighted by Gasteiger charge is 2.23. The van der Waals surface area contributed by atoms with Crippen molar-refractivity contribution in [3.8, 4) is 11.4 Å². The second kappa shape index (κ2) is 13.1. The number of aryl methyl sites for hydroxylation is 1. The highest BCUT2D eigenvalue weighted by molar-refractivity contribution is 5.96. The number of aromatic nitrogens is 2. The van der Waals surface area contributed by atoms with E-state index in [0.717, 1.165) is 22.7 Å². The summed E-state index contributed by atoms with van der Waals surface area (Å²) in [4.78, 5) is 27.8. The van der Waals surface area contributed by atoms with E-state index < -0.39 is 0 Å². The zero-order chi connectivity index (χ0) is 27.7.